The zero-order valence-corrected chi connectivity index (χ0v) is 15.8. The van der Waals surface area contributed by atoms with Gasteiger partial charge in [0.25, 0.3) is 0 Å². The van der Waals surface area contributed by atoms with Crippen LogP contribution in [0.25, 0.3) is 0 Å². The standard InChI is InChI=1S/C21H27N3O3/c1-17(22-20(25)10-9-19-8-5-15-27-19)21(26)24-13-11-23(12-14-24)16-18-6-3-2-4-7-18/h2-8,15,17H,9-14,16H2,1H3,(H,22,25)/t17-/m1/s1. The molecule has 1 N–H and O–H groups in total. The van der Waals surface area contributed by atoms with Crippen molar-refractivity contribution in [3.63, 3.8) is 0 Å². The number of piperazine rings is 1. The molecule has 1 aliphatic rings. The topological polar surface area (TPSA) is 65.8 Å². The molecule has 2 heterocycles. The van der Waals surface area contributed by atoms with E-state index in [-0.39, 0.29) is 11.8 Å². The lowest BCUT2D eigenvalue weighted by Gasteiger charge is -2.36. The molecule has 6 heteroatoms. The van der Waals surface area contributed by atoms with Gasteiger partial charge in [-0.25, -0.2) is 0 Å². The SMILES string of the molecule is C[C@@H](NC(=O)CCc1ccco1)C(=O)N1CCN(Cc2ccccc2)CC1. The Bertz CT molecular complexity index is 722. The van der Waals surface area contributed by atoms with E-state index in [4.69, 9.17) is 4.42 Å². The normalized spacial score (nSPS) is 16.1. The fourth-order valence-corrected chi connectivity index (χ4v) is 3.31. The summed E-state index contributed by atoms with van der Waals surface area (Å²) in [6, 6.07) is 13.5. The van der Waals surface area contributed by atoms with Crippen molar-refractivity contribution in [2.75, 3.05) is 26.2 Å². The van der Waals surface area contributed by atoms with Crippen molar-refractivity contribution in [1.29, 1.82) is 0 Å². The van der Waals surface area contributed by atoms with Gasteiger partial charge in [0.1, 0.15) is 11.8 Å². The summed E-state index contributed by atoms with van der Waals surface area (Å²) in [5.74, 6) is 0.634. The number of nitrogens with zero attached hydrogens (tertiary/aromatic N) is 2. The van der Waals surface area contributed by atoms with Crippen molar-refractivity contribution >= 4 is 11.8 Å². The maximum atomic E-state index is 12.6. The quantitative estimate of drug-likeness (QED) is 0.811. The van der Waals surface area contributed by atoms with E-state index in [0.29, 0.717) is 25.9 Å². The fraction of sp³-hybridized carbons (Fsp3) is 0.429. The van der Waals surface area contributed by atoms with Crippen LogP contribution in [0.3, 0.4) is 0 Å². The second-order valence-corrected chi connectivity index (χ2v) is 6.96. The van der Waals surface area contributed by atoms with E-state index >= 15 is 0 Å². The van der Waals surface area contributed by atoms with E-state index in [1.54, 1.807) is 19.3 Å². The van der Waals surface area contributed by atoms with Gasteiger partial charge in [-0.05, 0) is 24.6 Å². The summed E-state index contributed by atoms with van der Waals surface area (Å²) in [6.45, 7) is 5.74. The number of carbonyl (C=O) groups is 2. The highest BCUT2D eigenvalue weighted by Gasteiger charge is 2.25. The predicted molar refractivity (Wildman–Crippen MR) is 103 cm³/mol. The maximum absolute atomic E-state index is 12.6. The van der Waals surface area contributed by atoms with Gasteiger partial charge in [-0.2, -0.15) is 0 Å². The third-order valence-corrected chi connectivity index (χ3v) is 4.86. The van der Waals surface area contributed by atoms with Gasteiger partial charge >= 0.3 is 0 Å². The molecule has 1 aliphatic heterocycles. The van der Waals surface area contributed by atoms with Gasteiger partial charge in [-0.3, -0.25) is 14.5 Å². The van der Waals surface area contributed by atoms with E-state index in [0.717, 1.165) is 25.4 Å². The van der Waals surface area contributed by atoms with Crippen molar-refractivity contribution in [2.45, 2.75) is 32.4 Å². The summed E-state index contributed by atoms with van der Waals surface area (Å²) in [6.07, 6.45) is 2.45. The third-order valence-electron chi connectivity index (χ3n) is 4.86. The molecular weight excluding hydrogens is 342 g/mol. The number of furan rings is 1. The summed E-state index contributed by atoms with van der Waals surface area (Å²) in [7, 11) is 0. The lowest BCUT2D eigenvalue weighted by atomic mass is 10.2. The number of carbonyl (C=O) groups excluding carboxylic acids is 2. The first kappa shape index (κ1) is 19.2. The summed E-state index contributed by atoms with van der Waals surface area (Å²) in [5, 5.41) is 2.81. The lowest BCUT2D eigenvalue weighted by Crippen LogP contribution is -2.53. The molecule has 27 heavy (non-hydrogen) atoms. The maximum Gasteiger partial charge on any atom is 0.244 e. The van der Waals surface area contributed by atoms with Gasteiger partial charge in [0.05, 0.1) is 6.26 Å². The molecule has 0 bridgehead atoms. The van der Waals surface area contributed by atoms with Crippen molar-refractivity contribution in [3.8, 4) is 0 Å². The highest BCUT2D eigenvalue weighted by atomic mass is 16.3. The zero-order chi connectivity index (χ0) is 19.1. The number of hydrogen-bond donors (Lipinski definition) is 1. The van der Waals surface area contributed by atoms with Crippen LogP contribution in [0.15, 0.2) is 53.1 Å². The van der Waals surface area contributed by atoms with Crippen LogP contribution in [0.5, 0.6) is 0 Å². The van der Waals surface area contributed by atoms with E-state index in [9.17, 15) is 9.59 Å². The van der Waals surface area contributed by atoms with Crippen LogP contribution >= 0.6 is 0 Å². The highest BCUT2D eigenvalue weighted by molar-refractivity contribution is 5.87. The molecule has 2 amide bonds. The molecule has 1 atom stereocenters. The zero-order valence-electron chi connectivity index (χ0n) is 15.8. The lowest BCUT2D eigenvalue weighted by molar-refractivity contribution is -0.137. The Balaban J connectivity index is 1.39. The van der Waals surface area contributed by atoms with Crippen LogP contribution < -0.4 is 5.32 Å². The van der Waals surface area contributed by atoms with Crippen LogP contribution in [-0.4, -0.2) is 53.8 Å². The Labute approximate surface area is 160 Å². The molecule has 0 aliphatic carbocycles. The van der Waals surface area contributed by atoms with Gasteiger partial charge in [0.15, 0.2) is 0 Å². The average molecular weight is 369 g/mol. The number of aryl methyl sites for hydroxylation is 1. The van der Waals surface area contributed by atoms with Gasteiger partial charge in [-0.1, -0.05) is 30.3 Å². The van der Waals surface area contributed by atoms with E-state index in [2.05, 4.69) is 22.3 Å². The summed E-state index contributed by atoms with van der Waals surface area (Å²) in [5.41, 5.74) is 1.29. The second kappa shape index (κ2) is 9.37. The van der Waals surface area contributed by atoms with Crippen molar-refractivity contribution in [3.05, 3.63) is 60.1 Å². The van der Waals surface area contributed by atoms with Gasteiger partial charge < -0.3 is 14.6 Å². The van der Waals surface area contributed by atoms with Gasteiger partial charge in [0.2, 0.25) is 11.8 Å². The van der Waals surface area contributed by atoms with E-state index in [1.807, 2.05) is 29.2 Å². The smallest absolute Gasteiger partial charge is 0.244 e. The Kier molecular flexibility index (Phi) is 6.65. The summed E-state index contributed by atoms with van der Waals surface area (Å²) in [4.78, 5) is 28.9. The molecule has 0 unspecified atom stereocenters. The second-order valence-electron chi connectivity index (χ2n) is 6.96. The number of hydrogen-bond acceptors (Lipinski definition) is 4. The first-order valence-corrected chi connectivity index (χ1v) is 9.48. The van der Waals surface area contributed by atoms with Gasteiger partial charge in [-0.15, -0.1) is 0 Å². The van der Waals surface area contributed by atoms with Crippen LogP contribution in [0, 0.1) is 0 Å². The molecule has 0 spiro atoms. The molecule has 6 nitrogen and oxygen atoms in total. The first-order chi connectivity index (χ1) is 13.1. The van der Waals surface area contributed by atoms with Gasteiger partial charge in [0, 0.05) is 45.6 Å². The molecule has 144 valence electrons. The first-order valence-electron chi connectivity index (χ1n) is 9.48. The Morgan fingerprint density at radius 3 is 2.48 bits per heavy atom. The van der Waals surface area contributed by atoms with E-state index < -0.39 is 6.04 Å². The van der Waals surface area contributed by atoms with Crippen LogP contribution in [-0.2, 0) is 22.6 Å². The minimum absolute atomic E-state index is 0.0132. The van der Waals surface area contributed by atoms with Crippen LogP contribution in [0.1, 0.15) is 24.7 Å². The number of amides is 2. The predicted octanol–water partition coefficient (Wildman–Crippen LogP) is 2.06. The average Bonchev–Trinajstić information content (AvgIpc) is 3.21. The molecular formula is C21H27N3O3. The minimum Gasteiger partial charge on any atom is -0.469 e. The van der Waals surface area contributed by atoms with Crippen molar-refractivity contribution in [2.24, 2.45) is 0 Å². The fourth-order valence-electron chi connectivity index (χ4n) is 3.31. The Morgan fingerprint density at radius 2 is 1.81 bits per heavy atom. The molecule has 1 aromatic heterocycles. The van der Waals surface area contributed by atoms with E-state index in [1.165, 1.54) is 5.56 Å². The summed E-state index contributed by atoms with van der Waals surface area (Å²) < 4.78 is 5.22. The largest absolute Gasteiger partial charge is 0.469 e. The number of rotatable bonds is 7. The molecule has 0 saturated carbocycles. The molecule has 2 aromatic rings. The number of nitrogens with one attached hydrogen (secondary N) is 1. The Morgan fingerprint density at radius 1 is 1.07 bits per heavy atom. The van der Waals surface area contributed by atoms with Crippen LogP contribution in [0.4, 0.5) is 0 Å². The molecule has 1 fully saturated rings. The number of benzene rings is 1. The summed E-state index contributed by atoms with van der Waals surface area (Å²) >= 11 is 0. The van der Waals surface area contributed by atoms with Crippen LogP contribution in [0.2, 0.25) is 0 Å². The highest BCUT2D eigenvalue weighted by Crippen LogP contribution is 2.10. The Hall–Kier alpha value is -2.60. The molecule has 1 saturated heterocycles. The van der Waals surface area contributed by atoms with Crippen molar-refractivity contribution < 1.29 is 14.0 Å². The molecule has 3 rings (SSSR count). The monoisotopic (exact) mass is 369 g/mol. The molecule has 0 radical (unpaired) electrons. The molecule has 1 aromatic carbocycles. The minimum atomic E-state index is -0.505. The van der Waals surface area contributed by atoms with Crippen molar-refractivity contribution in [1.82, 2.24) is 15.1 Å². The third kappa shape index (κ3) is 5.69.